The maximum Gasteiger partial charge on any atom is 0.230 e. The van der Waals surface area contributed by atoms with Gasteiger partial charge < -0.3 is 20.3 Å². The van der Waals surface area contributed by atoms with Crippen LogP contribution in [0.15, 0.2) is 42.5 Å². The first-order valence-corrected chi connectivity index (χ1v) is 10.6. The van der Waals surface area contributed by atoms with E-state index in [4.69, 9.17) is 4.74 Å². The molecule has 0 radical (unpaired) electrons. The number of hydrogen-bond acceptors (Lipinski definition) is 4. The quantitative estimate of drug-likeness (QED) is 0.826. The Morgan fingerprint density at radius 2 is 2.07 bits per heavy atom. The Morgan fingerprint density at radius 3 is 2.83 bits per heavy atom. The van der Waals surface area contributed by atoms with E-state index in [9.17, 15) is 4.79 Å². The van der Waals surface area contributed by atoms with Gasteiger partial charge in [-0.05, 0) is 47.9 Å². The van der Waals surface area contributed by atoms with Gasteiger partial charge in [0.1, 0.15) is 5.75 Å². The van der Waals surface area contributed by atoms with Crippen molar-refractivity contribution >= 4 is 11.6 Å². The zero-order valence-electron chi connectivity index (χ0n) is 16.9. The molecule has 2 aromatic rings. The van der Waals surface area contributed by atoms with Gasteiger partial charge in [-0.2, -0.15) is 0 Å². The number of rotatable bonds is 5. The average molecular weight is 389 g/mol. The van der Waals surface area contributed by atoms with E-state index in [0.717, 1.165) is 36.5 Å². The topological polar surface area (TPSA) is 53.6 Å². The van der Waals surface area contributed by atoms with Crippen LogP contribution in [0.1, 0.15) is 41.5 Å². The third-order valence-electron chi connectivity index (χ3n) is 7.61. The van der Waals surface area contributed by atoms with Gasteiger partial charge in [-0.1, -0.05) is 30.3 Å². The number of carbonyl (C=O) groups excluding carboxylic acids is 1. The number of ether oxygens (including phenoxy) is 1. The van der Waals surface area contributed by atoms with Crippen LogP contribution in [0, 0.1) is 11.8 Å². The van der Waals surface area contributed by atoms with E-state index in [1.165, 1.54) is 17.5 Å². The van der Waals surface area contributed by atoms with Crippen molar-refractivity contribution in [2.45, 2.75) is 36.9 Å². The second-order valence-electron chi connectivity index (χ2n) is 9.12. The van der Waals surface area contributed by atoms with Crippen molar-refractivity contribution in [1.29, 1.82) is 0 Å². The lowest BCUT2D eigenvalue weighted by Gasteiger charge is -2.29. The fraction of sp³-hybridized carbons (Fsp3) is 0.458. The Morgan fingerprint density at radius 1 is 1.24 bits per heavy atom. The Balaban J connectivity index is 1.29. The Labute approximate surface area is 171 Å². The molecule has 4 aliphatic rings. The van der Waals surface area contributed by atoms with Gasteiger partial charge in [0.05, 0.1) is 13.2 Å². The second kappa shape index (κ2) is 6.07. The minimum absolute atomic E-state index is 0.117. The number of amides is 1. The Bertz CT molecular complexity index is 991. The highest BCUT2D eigenvalue weighted by Gasteiger charge is 2.63. The van der Waals surface area contributed by atoms with Gasteiger partial charge in [0.2, 0.25) is 5.91 Å². The number of piperidine rings is 1. The molecule has 1 saturated heterocycles. The highest BCUT2D eigenvalue weighted by molar-refractivity contribution is 6.01. The van der Waals surface area contributed by atoms with Gasteiger partial charge in [0.25, 0.3) is 0 Å². The zero-order valence-corrected chi connectivity index (χ0v) is 16.9. The van der Waals surface area contributed by atoms with Crippen LogP contribution in [-0.4, -0.2) is 32.1 Å². The van der Waals surface area contributed by atoms with Crippen LogP contribution < -0.4 is 20.3 Å². The summed E-state index contributed by atoms with van der Waals surface area (Å²) in [5, 5.41) is 7.59. The highest BCUT2D eigenvalue weighted by Crippen LogP contribution is 2.57. The molecule has 1 amide bonds. The SMILES string of the molecule is COc1cc2c(cc1CN[C@]13C[C@H]1CN[C@H]3c1ccccc1)N(C)C(=O)[C@H]1CC21. The number of fused-ring (bicyclic) bond motifs is 4. The third-order valence-corrected chi connectivity index (χ3v) is 7.61. The number of nitrogens with zero attached hydrogens (tertiary/aromatic N) is 1. The summed E-state index contributed by atoms with van der Waals surface area (Å²) in [6.45, 7) is 1.81. The number of carbonyl (C=O) groups is 1. The number of nitrogens with one attached hydrogen (secondary N) is 2. The summed E-state index contributed by atoms with van der Waals surface area (Å²) in [5.74, 6) is 2.44. The minimum Gasteiger partial charge on any atom is -0.496 e. The molecule has 2 saturated carbocycles. The van der Waals surface area contributed by atoms with Crippen LogP contribution in [-0.2, 0) is 11.3 Å². The summed E-state index contributed by atoms with van der Waals surface area (Å²) in [7, 11) is 3.65. The standard InChI is InChI=1S/C24H27N3O2/c1-27-20-8-15(21(29-2)10-18(20)17-9-19(17)23(27)28)12-26-24-11-16(24)13-25-22(24)14-6-4-3-5-7-14/h3-8,10,16-17,19,22,25-26H,9,11-13H2,1-2H3/t16-,17?,19-,22-,24+/m0/s1. The molecule has 2 aromatic carbocycles. The lowest BCUT2D eigenvalue weighted by molar-refractivity contribution is -0.119. The van der Waals surface area contributed by atoms with Gasteiger partial charge in [-0.15, -0.1) is 0 Å². The van der Waals surface area contributed by atoms with Gasteiger partial charge in [-0.3, -0.25) is 4.79 Å². The second-order valence-corrected chi connectivity index (χ2v) is 9.12. The van der Waals surface area contributed by atoms with Gasteiger partial charge in [0.15, 0.2) is 0 Å². The zero-order chi connectivity index (χ0) is 19.8. The molecule has 1 unspecified atom stereocenters. The Hall–Kier alpha value is -2.37. The summed E-state index contributed by atoms with van der Waals surface area (Å²) < 4.78 is 5.75. The summed E-state index contributed by atoms with van der Waals surface area (Å²) in [5.41, 5.74) is 4.92. The number of anilines is 1. The van der Waals surface area contributed by atoms with Crippen LogP contribution >= 0.6 is 0 Å². The third kappa shape index (κ3) is 2.50. The van der Waals surface area contributed by atoms with Crippen molar-refractivity contribution in [1.82, 2.24) is 10.6 Å². The molecule has 29 heavy (non-hydrogen) atoms. The normalized spacial score (nSPS) is 33.7. The molecule has 0 spiro atoms. The molecule has 2 aliphatic heterocycles. The number of benzene rings is 2. The van der Waals surface area contributed by atoms with Gasteiger partial charge >= 0.3 is 0 Å². The van der Waals surface area contributed by atoms with Gasteiger partial charge in [0, 0.05) is 42.8 Å². The summed E-state index contributed by atoms with van der Waals surface area (Å²) in [6.07, 6.45) is 2.18. The molecule has 5 atom stereocenters. The monoisotopic (exact) mass is 389 g/mol. The first-order chi connectivity index (χ1) is 14.1. The van der Waals surface area contributed by atoms with Crippen LogP contribution in [0.3, 0.4) is 0 Å². The maximum atomic E-state index is 12.5. The molecule has 5 heteroatoms. The molecule has 150 valence electrons. The van der Waals surface area contributed by atoms with E-state index < -0.39 is 0 Å². The van der Waals surface area contributed by atoms with E-state index in [-0.39, 0.29) is 17.4 Å². The smallest absolute Gasteiger partial charge is 0.230 e. The first kappa shape index (κ1) is 17.5. The molecular formula is C24H27N3O2. The van der Waals surface area contributed by atoms with E-state index in [0.29, 0.717) is 17.9 Å². The predicted octanol–water partition coefficient (Wildman–Crippen LogP) is 2.97. The number of methoxy groups -OCH3 is 1. The predicted molar refractivity (Wildman–Crippen MR) is 112 cm³/mol. The lowest BCUT2D eigenvalue weighted by atomic mass is 9.96. The average Bonchev–Trinajstić information content (AvgIpc) is 3.67. The van der Waals surface area contributed by atoms with Crippen LogP contribution in [0.2, 0.25) is 0 Å². The summed E-state index contributed by atoms with van der Waals surface area (Å²) >= 11 is 0. The van der Waals surface area contributed by atoms with Crippen molar-refractivity contribution in [3.05, 3.63) is 59.2 Å². The molecule has 0 bridgehead atoms. The maximum absolute atomic E-state index is 12.5. The van der Waals surface area contributed by atoms with E-state index in [1.807, 2.05) is 11.9 Å². The van der Waals surface area contributed by atoms with Crippen molar-refractivity contribution in [2.24, 2.45) is 11.8 Å². The van der Waals surface area contributed by atoms with Crippen LogP contribution in [0.25, 0.3) is 0 Å². The highest BCUT2D eigenvalue weighted by atomic mass is 16.5. The van der Waals surface area contributed by atoms with Crippen LogP contribution in [0.4, 0.5) is 5.69 Å². The summed E-state index contributed by atoms with van der Waals surface area (Å²) in [6, 6.07) is 15.4. The van der Waals surface area contributed by atoms with E-state index in [2.05, 4.69) is 53.1 Å². The van der Waals surface area contributed by atoms with Crippen molar-refractivity contribution < 1.29 is 9.53 Å². The first-order valence-electron chi connectivity index (χ1n) is 10.6. The van der Waals surface area contributed by atoms with Crippen molar-refractivity contribution in [2.75, 3.05) is 25.6 Å². The molecule has 5 nitrogen and oxygen atoms in total. The van der Waals surface area contributed by atoms with Crippen molar-refractivity contribution in [3.8, 4) is 5.75 Å². The van der Waals surface area contributed by atoms with E-state index in [1.54, 1.807) is 7.11 Å². The molecule has 2 N–H and O–H groups in total. The van der Waals surface area contributed by atoms with E-state index >= 15 is 0 Å². The summed E-state index contributed by atoms with van der Waals surface area (Å²) in [4.78, 5) is 14.3. The molecule has 2 heterocycles. The lowest BCUT2D eigenvalue weighted by Crippen LogP contribution is -2.40. The molecule has 2 aliphatic carbocycles. The fourth-order valence-electron chi connectivity index (χ4n) is 5.76. The van der Waals surface area contributed by atoms with Gasteiger partial charge in [-0.25, -0.2) is 0 Å². The largest absolute Gasteiger partial charge is 0.496 e. The van der Waals surface area contributed by atoms with Crippen LogP contribution in [0.5, 0.6) is 5.75 Å². The van der Waals surface area contributed by atoms with Crippen molar-refractivity contribution in [3.63, 3.8) is 0 Å². The minimum atomic E-state index is 0.117. The molecule has 6 rings (SSSR count). The molecular weight excluding hydrogens is 362 g/mol. The molecule has 0 aromatic heterocycles. The number of hydrogen-bond donors (Lipinski definition) is 2. The Kier molecular flexibility index (Phi) is 3.66. The fourth-order valence-corrected chi connectivity index (χ4v) is 5.76. The molecule has 3 fully saturated rings.